The predicted octanol–water partition coefficient (Wildman–Crippen LogP) is 6.62. The zero-order valence-corrected chi connectivity index (χ0v) is 21.4. The third-order valence-electron chi connectivity index (χ3n) is 7.77. The number of anilines is 1. The third-order valence-corrected chi connectivity index (χ3v) is 7.77. The Hall–Kier alpha value is -3.78. The van der Waals surface area contributed by atoms with Crippen molar-refractivity contribution in [1.29, 1.82) is 0 Å². The summed E-state index contributed by atoms with van der Waals surface area (Å²) in [7, 11) is 0. The first kappa shape index (κ1) is 24.6. The molecule has 38 heavy (non-hydrogen) atoms. The van der Waals surface area contributed by atoms with Crippen LogP contribution in [0.3, 0.4) is 0 Å². The van der Waals surface area contributed by atoms with Crippen molar-refractivity contribution in [3.63, 3.8) is 0 Å². The number of para-hydroxylation sites is 1. The lowest BCUT2D eigenvalue weighted by atomic mass is 9.78. The summed E-state index contributed by atoms with van der Waals surface area (Å²) in [6.07, 6.45) is 2.64. The van der Waals surface area contributed by atoms with Gasteiger partial charge in [0.25, 0.3) is 0 Å². The first-order valence-electron chi connectivity index (χ1n) is 12.7. The molecule has 0 atom stereocenters. The maximum Gasteiger partial charge on any atom is 0.415 e. The number of imidazole rings is 1. The Balaban J connectivity index is 0.00000264. The van der Waals surface area contributed by atoms with Gasteiger partial charge in [-0.25, -0.2) is 14.2 Å². The second kappa shape index (κ2) is 9.51. The van der Waals surface area contributed by atoms with Gasteiger partial charge in [-0.1, -0.05) is 24.3 Å². The number of nitrogens with zero attached hydrogens (tertiary/aromatic N) is 2. The summed E-state index contributed by atoms with van der Waals surface area (Å²) in [5.74, 6) is 2.34. The van der Waals surface area contributed by atoms with Crippen LogP contribution in [0.5, 0.6) is 11.5 Å². The molecular weight excluding hydrogens is 509 g/mol. The molecule has 1 saturated carbocycles. The number of ether oxygens (including phenoxy) is 3. The average molecular weight is 536 g/mol. The molecule has 0 radical (unpaired) electrons. The molecule has 2 aliphatic heterocycles. The summed E-state index contributed by atoms with van der Waals surface area (Å²) >= 11 is 0. The van der Waals surface area contributed by atoms with Crippen molar-refractivity contribution in [3.05, 3.63) is 72.3 Å². The van der Waals surface area contributed by atoms with Crippen LogP contribution in [0.4, 0.5) is 14.9 Å². The molecule has 2 fully saturated rings. The van der Waals surface area contributed by atoms with Gasteiger partial charge in [0, 0.05) is 5.92 Å². The highest BCUT2D eigenvalue weighted by atomic mass is 35.5. The number of fused-ring (bicyclic) bond motifs is 2. The van der Waals surface area contributed by atoms with E-state index in [0.717, 1.165) is 52.3 Å². The predicted molar refractivity (Wildman–Crippen MR) is 144 cm³/mol. The summed E-state index contributed by atoms with van der Waals surface area (Å²) in [5.41, 5.74) is 3.75. The number of H-pyrrole nitrogens is 1. The molecule has 1 saturated heterocycles. The van der Waals surface area contributed by atoms with E-state index in [1.54, 1.807) is 18.2 Å². The molecule has 3 aliphatic rings. The van der Waals surface area contributed by atoms with E-state index in [0.29, 0.717) is 32.6 Å². The molecule has 1 N–H and O–H groups in total. The monoisotopic (exact) mass is 535 g/mol. The molecule has 4 aromatic rings. The summed E-state index contributed by atoms with van der Waals surface area (Å²) < 4.78 is 31.5. The number of hydrogen-bond donors (Lipinski definition) is 1. The minimum Gasteiger partial charge on any atom is -0.486 e. The molecule has 1 amide bonds. The van der Waals surface area contributed by atoms with E-state index in [-0.39, 0.29) is 24.0 Å². The Morgan fingerprint density at radius 3 is 2.50 bits per heavy atom. The maximum absolute atomic E-state index is 14.3. The van der Waals surface area contributed by atoms with E-state index < -0.39 is 17.5 Å². The number of nitrogens with one attached hydrogen (secondary N) is 1. The van der Waals surface area contributed by atoms with Crippen LogP contribution in [0.1, 0.15) is 37.4 Å². The van der Waals surface area contributed by atoms with Gasteiger partial charge in [0.15, 0.2) is 11.5 Å². The Bertz CT molecular complexity index is 1510. The SMILES string of the molecule is Cl.O=C1OC2(CCC(c3nc4ccc(-c5ccc6c(c5)OCCO6)cc4[nH]3)CC2)CN1c1ccccc1F. The van der Waals surface area contributed by atoms with Crippen molar-refractivity contribution in [3.8, 4) is 22.6 Å². The van der Waals surface area contributed by atoms with Gasteiger partial charge >= 0.3 is 6.09 Å². The average Bonchev–Trinajstić information content (AvgIpc) is 3.49. The Morgan fingerprint density at radius 1 is 0.947 bits per heavy atom. The maximum atomic E-state index is 14.3. The summed E-state index contributed by atoms with van der Waals surface area (Å²) in [5, 5.41) is 0. The van der Waals surface area contributed by atoms with Gasteiger partial charge in [0.05, 0.1) is 23.3 Å². The van der Waals surface area contributed by atoms with Gasteiger partial charge in [0.1, 0.15) is 30.5 Å². The van der Waals surface area contributed by atoms with E-state index in [2.05, 4.69) is 17.1 Å². The van der Waals surface area contributed by atoms with Crippen molar-refractivity contribution < 1.29 is 23.4 Å². The summed E-state index contributed by atoms with van der Waals surface area (Å²) in [6.45, 7) is 1.50. The van der Waals surface area contributed by atoms with E-state index >= 15 is 0 Å². The largest absolute Gasteiger partial charge is 0.486 e. The normalized spacial score (nSPS) is 22.4. The molecule has 7 nitrogen and oxygen atoms in total. The molecule has 1 aliphatic carbocycles. The quantitative estimate of drug-likeness (QED) is 0.319. The van der Waals surface area contributed by atoms with Crippen LogP contribution in [0.25, 0.3) is 22.2 Å². The highest BCUT2D eigenvalue weighted by Crippen LogP contribution is 2.44. The lowest BCUT2D eigenvalue weighted by Gasteiger charge is -2.34. The topological polar surface area (TPSA) is 76.7 Å². The van der Waals surface area contributed by atoms with E-state index in [4.69, 9.17) is 19.2 Å². The smallest absolute Gasteiger partial charge is 0.415 e. The second-order valence-corrected chi connectivity index (χ2v) is 10.1. The summed E-state index contributed by atoms with van der Waals surface area (Å²) in [6, 6.07) is 18.6. The van der Waals surface area contributed by atoms with Gasteiger partial charge in [-0.3, -0.25) is 4.90 Å². The number of aromatic nitrogens is 2. The van der Waals surface area contributed by atoms with Gasteiger partial charge in [-0.05, 0) is 73.2 Å². The standard InChI is InChI=1S/C29H26FN3O4.ClH/c30-21-3-1-2-4-24(21)33-17-29(37-28(33)34)11-9-18(10-12-29)27-31-22-7-5-19(15-23(22)32-27)20-6-8-25-26(16-20)36-14-13-35-25;/h1-8,15-16,18H,9-14,17H2,(H,31,32);1H. The van der Waals surface area contributed by atoms with Crippen LogP contribution in [0.15, 0.2) is 60.7 Å². The van der Waals surface area contributed by atoms with Crippen molar-refractivity contribution >= 4 is 35.2 Å². The molecule has 3 heterocycles. The van der Waals surface area contributed by atoms with Gasteiger partial charge in [-0.2, -0.15) is 0 Å². The lowest BCUT2D eigenvalue weighted by Crippen LogP contribution is -2.38. The minimum atomic E-state index is -0.576. The molecule has 196 valence electrons. The van der Waals surface area contributed by atoms with Crippen molar-refractivity contribution in [2.75, 3.05) is 24.7 Å². The van der Waals surface area contributed by atoms with Crippen molar-refractivity contribution in [2.24, 2.45) is 0 Å². The van der Waals surface area contributed by atoms with E-state index in [1.165, 1.54) is 11.0 Å². The fourth-order valence-electron chi connectivity index (χ4n) is 5.78. The molecule has 1 aromatic heterocycles. The van der Waals surface area contributed by atoms with Gasteiger partial charge in [0.2, 0.25) is 0 Å². The van der Waals surface area contributed by atoms with Gasteiger partial charge in [-0.15, -0.1) is 12.4 Å². The van der Waals surface area contributed by atoms with Gasteiger partial charge < -0.3 is 19.2 Å². The molecule has 3 aromatic carbocycles. The Morgan fingerprint density at radius 2 is 1.68 bits per heavy atom. The first-order valence-corrected chi connectivity index (χ1v) is 12.7. The third kappa shape index (κ3) is 4.22. The van der Waals surface area contributed by atoms with Crippen LogP contribution >= 0.6 is 12.4 Å². The first-order chi connectivity index (χ1) is 18.1. The highest BCUT2D eigenvalue weighted by molar-refractivity contribution is 5.90. The number of halogens is 2. The van der Waals surface area contributed by atoms with Crippen LogP contribution in [0.2, 0.25) is 0 Å². The number of carbonyl (C=O) groups is 1. The second-order valence-electron chi connectivity index (χ2n) is 10.1. The lowest BCUT2D eigenvalue weighted by molar-refractivity contribution is 0.0208. The van der Waals surface area contributed by atoms with Crippen LogP contribution in [0, 0.1) is 5.82 Å². The number of hydrogen-bond acceptors (Lipinski definition) is 5. The van der Waals surface area contributed by atoms with Crippen LogP contribution in [-0.4, -0.2) is 41.4 Å². The van der Waals surface area contributed by atoms with E-state index in [9.17, 15) is 9.18 Å². The zero-order chi connectivity index (χ0) is 25.0. The van der Waals surface area contributed by atoms with E-state index in [1.807, 2.05) is 24.3 Å². The molecule has 0 unspecified atom stereocenters. The van der Waals surface area contributed by atoms with Crippen LogP contribution < -0.4 is 14.4 Å². The molecule has 9 heteroatoms. The number of rotatable bonds is 3. The summed E-state index contributed by atoms with van der Waals surface area (Å²) in [4.78, 5) is 22.4. The Kier molecular flexibility index (Phi) is 6.14. The van der Waals surface area contributed by atoms with Crippen molar-refractivity contribution in [2.45, 2.75) is 37.2 Å². The fraction of sp³-hybridized carbons (Fsp3) is 0.310. The molecule has 1 spiro atoms. The fourth-order valence-corrected chi connectivity index (χ4v) is 5.78. The Labute approximate surface area is 225 Å². The molecule has 7 rings (SSSR count). The van der Waals surface area contributed by atoms with Crippen molar-refractivity contribution in [1.82, 2.24) is 9.97 Å². The number of carbonyl (C=O) groups excluding carboxylic acids is 1. The number of benzene rings is 3. The number of amides is 1. The highest BCUT2D eigenvalue weighted by Gasteiger charge is 2.48. The molecular formula is C29H27ClFN3O4. The van der Waals surface area contributed by atoms with Crippen LogP contribution in [-0.2, 0) is 4.74 Å². The number of aromatic amines is 1. The molecule has 0 bridgehead atoms. The minimum absolute atomic E-state index is 0. The zero-order valence-electron chi connectivity index (χ0n) is 20.6.